The number of benzene rings is 1. The zero-order chi connectivity index (χ0) is 14.2. The van der Waals surface area contributed by atoms with Gasteiger partial charge in [-0.1, -0.05) is 37.3 Å². The maximum Gasteiger partial charge on any atom is 0.127 e. The molecule has 3 heteroatoms. The minimum atomic E-state index is 0.588. The Morgan fingerprint density at radius 2 is 2.00 bits per heavy atom. The number of hydrogen-bond acceptors (Lipinski definition) is 3. The summed E-state index contributed by atoms with van der Waals surface area (Å²) in [7, 11) is 0. The summed E-state index contributed by atoms with van der Waals surface area (Å²) in [5.41, 5.74) is 3.27. The second kappa shape index (κ2) is 7.65. The van der Waals surface area contributed by atoms with Crippen LogP contribution in [0.15, 0.2) is 42.6 Å². The molecule has 0 saturated carbocycles. The first-order valence-corrected chi connectivity index (χ1v) is 7.12. The average Bonchev–Trinajstić information content (AvgIpc) is 2.48. The number of hydrogen-bond donors (Lipinski definition) is 1. The van der Waals surface area contributed by atoms with Gasteiger partial charge in [0.05, 0.1) is 0 Å². The second-order valence-corrected chi connectivity index (χ2v) is 4.88. The van der Waals surface area contributed by atoms with Crippen molar-refractivity contribution in [3.8, 4) is 5.75 Å². The van der Waals surface area contributed by atoms with Crippen molar-refractivity contribution < 1.29 is 4.74 Å². The monoisotopic (exact) mass is 270 g/mol. The molecule has 2 rings (SSSR count). The molecule has 0 bridgehead atoms. The van der Waals surface area contributed by atoms with Gasteiger partial charge in [-0.2, -0.15) is 0 Å². The van der Waals surface area contributed by atoms with Crippen molar-refractivity contribution in [2.45, 2.75) is 33.4 Å². The molecular formula is C17H22N2O. The topological polar surface area (TPSA) is 34.2 Å². The molecule has 2 aromatic rings. The van der Waals surface area contributed by atoms with Crippen LogP contribution in [0, 0.1) is 6.92 Å². The Labute approximate surface area is 121 Å². The van der Waals surface area contributed by atoms with Crippen LogP contribution in [0.3, 0.4) is 0 Å². The predicted molar refractivity (Wildman–Crippen MR) is 81.7 cm³/mol. The third-order valence-electron chi connectivity index (χ3n) is 3.06. The summed E-state index contributed by atoms with van der Waals surface area (Å²) in [6, 6.07) is 12.2. The number of nitrogens with zero attached hydrogens (tertiary/aromatic N) is 1. The second-order valence-electron chi connectivity index (χ2n) is 4.88. The van der Waals surface area contributed by atoms with Gasteiger partial charge in [-0.3, -0.25) is 4.98 Å². The first-order chi connectivity index (χ1) is 9.79. The van der Waals surface area contributed by atoms with E-state index >= 15 is 0 Å². The van der Waals surface area contributed by atoms with Crippen molar-refractivity contribution >= 4 is 0 Å². The molecule has 1 aromatic carbocycles. The highest BCUT2D eigenvalue weighted by atomic mass is 16.5. The Bertz CT molecular complexity index is 526. The quantitative estimate of drug-likeness (QED) is 0.782. The average molecular weight is 270 g/mol. The van der Waals surface area contributed by atoms with E-state index in [-0.39, 0.29) is 0 Å². The lowest BCUT2D eigenvalue weighted by Crippen LogP contribution is -2.15. The SMILES string of the molecule is CCCNCc1cnc(C)cc1OCc1ccccc1. The molecule has 3 nitrogen and oxygen atoms in total. The van der Waals surface area contributed by atoms with E-state index < -0.39 is 0 Å². The molecule has 0 aliphatic carbocycles. The lowest BCUT2D eigenvalue weighted by molar-refractivity contribution is 0.301. The van der Waals surface area contributed by atoms with E-state index in [9.17, 15) is 0 Å². The fourth-order valence-corrected chi connectivity index (χ4v) is 1.97. The molecule has 0 unspecified atom stereocenters. The summed E-state index contributed by atoms with van der Waals surface area (Å²) in [5, 5.41) is 3.39. The molecule has 1 heterocycles. The molecule has 106 valence electrons. The smallest absolute Gasteiger partial charge is 0.127 e. The molecule has 1 aromatic heterocycles. The maximum absolute atomic E-state index is 5.95. The Kier molecular flexibility index (Phi) is 5.56. The van der Waals surface area contributed by atoms with Gasteiger partial charge in [0.1, 0.15) is 12.4 Å². The molecule has 0 atom stereocenters. The molecule has 20 heavy (non-hydrogen) atoms. The normalized spacial score (nSPS) is 10.5. The van der Waals surface area contributed by atoms with Gasteiger partial charge in [-0.25, -0.2) is 0 Å². The minimum absolute atomic E-state index is 0.588. The van der Waals surface area contributed by atoms with Crippen molar-refractivity contribution in [3.63, 3.8) is 0 Å². The van der Waals surface area contributed by atoms with E-state index in [0.717, 1.165) is 36.5 Å². The summed E-state index contributed by atoms with van der Waals surface area (Å²) in [5.74, 6) is 0.921. The highest BCUT2D eigenvalue weighted by Crippen LogP contribution is 2.20. The van der Waals surface area contributed by atoms with Crippen LogP contribution in [0.4, 0.5) is 0 Å². The lowest BCUT2D eigenvalue weighted by atomic mass is 10.2. The number of pyridine rings is 1. The Morgan fingerprint density at radius 1 is 1.20 bits per heavy atom. The minimum Gasteiger partial charge on any atom is -0.488 e. The van der Waals surface area contributed by atoms with E-state index in [1.54, 1.807) is 0 Å². The molecule has 0 radical (unpaired) electrons. The van der Waals surface area contributed by atoms with Crippen LogP contribution in [0.5, 0.6) is 5.75 Å². The maximum atomic E-state index is 5.95. The number of rotatable bonds is 7. The third kappa shape index (κ3) is 4.35. The largest absolute Gasteiger partial charge is 0.488 e. The molecule has 0 spiro atoms. The van der Waals surface area contributed by atoms with Crippen molar-refractivity contribution in [1.82, 2.24) is 10.3 Å². The van der Waals surface area contributed by atoms with Crippen LogP contribution < -0.4 is 10.1 Å². The molecule has 0 saturated heterocycles. The summed E-state index contributed by atoms with van der Waals surface area (Å²) < 4.78 is 5.95. The van der Waals surface area contributed by atoms with Gasteiger partial charge in [0.15, 0.2) is 0 Å². The Balaban J connectivity index is 2.03. The highest BCUT2D eigenvalue weighted by molar-refractivity contribution is 5.33. The van der Waals surface area contributed by atoms with Gasteiger partial charge >= 0.3 is 0 Å². The molecule has 0 amide bonds. The number of aryl methyl sites for hydroxylation is 1. The van der Waals surface area contributed by atoms with Gasteiger partial charge in [-0.05, 0) is 25.5 Å². The third-order valence-corrected chi connectivity index (χ3v) is 3.06. The zero-order valence-corrected chi connectivity index (χ0v) is 12.2. The van der Waals surface area contributed by atoms with Crippen LogP contribution >= 0.6 is 0 Å². The molecule has 0 aliphatic heterocycles. The van der Waals surface area contributed by atoms with Gasteiger partial charge < -0.3 is 10.1 Å². The summed E-state index contributed by atoms with van der Waals surface area (Å²) in [6.45, 7) is 6.54. The van der Waals surface area contributed by atoms with Crippen LogP contribution in [-0.4, -0.2) is 11.5 Å². The fraction of sp³-hybridized carbons (Fsp3) is 0.353. The van der Waals surface area contributed by atoms with E-state index in [0.29, 0.717) is 6.61 Å². The van der Waals surface area contributed by atoms with Gasteiger partial charge in [0.2, 0.25) is 0 Å². The molecule has 0 fully saturated rings. The van der Waals surface area contributed by atoms with E-state index in [1.165, 1.54) is 5.56 Å². The lowest BCUT2D eigenvalue weighted by Gasteiger charge is -2.12. The Morgan fingerprint density at radius 3 is 2.75 bits per heavy atom. The van der Waals surface area contributed by atoms with E-state index in [2.05, 4.69) is 29.4 Å². The number of nitrogens with one attached hydrogen (secondary N) is 1. The van der Waals surface area contributed by atoms with Crippen LogP contribution in [0.2, 0.25) is 0 Å². The van der Waals surface area contributed by atoms with Gasteiger partial charge in [0, 0.05) is 30.1 Å². The summed E-state index contributed by atoms with van der Waals surface area (Å²) >= 11 is 0. The van der Waals surface area contributed by atoms with Crippen molar-refractivity contribution in [2.24, 2.45) is 0 Å². The van der Waals surface area contributed by atoms with E-state index in [4.69, 9.17) is 4.74 Å². The molecular weight excluding hydrogens is 248 g/mol. The van der Waals surface area contributed by atoms with Crippen LogP contribution in [0.1, 0.15) is 30.2 Å². The zero-order valence-electron chi connectivity index (χ0n) is 12.2. The first-order valence-electron chi connectivity index (χ1n) is 7.12. The van der Waals surface area contributed by atoms with Gasteiger partial charge in [0.25, 0.3) is 0 Å². The van der Waals surface area contributed by atoms with Crippen molar-refractivity contribution in [3.05, 3.63) is 59.4 Å². The van der Waals surface area contributed by atoms with Crippen molar-refractivity contribution in [2.75, 3.05) is 6.54 Å². The summed E-state index contributed by atoms with van der Waals surface area (Å²) in [4.78, 5) is 4.35. The fourth-order valence-electron chi connectivity index (χ4n) is 1.97. The number of ether oxygens (including phenoxy) is 1. The van der Waals surface area contributed by atoms with E-state index in [1.807, 2.05) is 37.4 Å². The summed E-state index contributed by atoms with van der Waals surface area (Å²) in [6.07, 6.45) is 3.03. The number of aromatic nitrogens is 1. The molecule has 0 aliphatic rings. The highest BCUT2D eigenvalue weighted by Gasteiger charge is 2.05. The van der Waals surface area contributed by atoms with Crippen LogP contribution in [-0.2, 0) is 13.2 Å². The Hall–Kier alpha value is -1.87. The van der Waals surface area contributed by atoms with Crippen molar-refractivity contribution in [1.29, 1.82) is 0 Å². The molecule has 1 N–H and O–H groups in total. The van der Waals surface area contributed by atoms with Gasteiger partial charge in [-0.15, -0.1) is 0 Å². The predicted octanol–water partition coefficient (Wildman–Crippen LogP) is 3.47. The first kappa shape index (κ1) is 14.5. The standard InChI is InChI=1S/C17H22N2O/c1-3-9-18-11-16-12-19-14(2)10-17(16)20-13-15-7-5-4-6-8-15/h4-8,10,12,18H,3,9,11,13H2,1-2H3. The van der Waals surface area contributed by atoms with Crippen LogP contribution in [0.25, 0.3) is 0 Å².